The fraction of sp³-hybridized carbons (Fsp3) is 0.647. The van der Waals surface area contributed by atoms with Gasteiger partial charge < -0.3 is 5.32 Å². The molecular formula is C34H51N3O3S. The van der Waals surface area contributed by atoms with Crippen LogP contribution in [0.15, 0.2) is 30.4 Å². The number of hydrogen-bond acceptors (Lipinski definition) is 6. The molecule has 0 bridgehead atoms. The zero-order valence-corrected chi connectivity index (χ0v) is 26.8. The predicted molar refractivity (Wildman–Crippen MR) is 170 cm³/mol. The van der Waals surface area contributed by atoms with E-state index >= 15 is 0 Å². The van der Waals surface area contributed by atoms with Crippen LogP contribution in [0.25, 0.3) is 10.2 Å². The Labute approximate surface area is 251 Å². The number of likely N-dealkylation sites (N-methyl/N-ethyl adjacent to an activating group) is 1. The molecule has 1 heterocycles. The number of carbonyl (C=O) groups excluding carboxylic acids is 3. The molecule has 0 saturated heterocycles. The lowest BCUT2D eigenvalue weighted by Crippen LogP contribution is -2.45. The molecule has 226 valence electrons. The largest absolute Gasteiger partial charge is 0.353 e. The Morgan fingerprint density at radius 3 is 2.44 bits per heavy atom. The second-order valence-corrected chi connectivity index (χ2v) is 13.1. The Balaban J connectivity index is 1.74. The molecule has 0 unspecified atom stereocenters. The topological polar surface area (TPSA) is 79.4 Å². The van der Waals surface area contributed by atoms with Crippen LogP contribution in [0.5, 0.6) is 0 Å². The van der Waals surface area contributed by atoms with E-state index in [0.717, 1.165) is 54.0 Å². The van der Waals surface area contributed by atoms with Crippen molar-refractivity contribution in [2.75, 3.05) is 19.6 Å². The molecule has 7 heteroatoms. The molecule has 3 rings (SSSR count). The van der Waals surface area contributed by atoms with Crippen LogP contribution in [0.4, 0.5) is 0 Å². The first kappa shape index (κ1) is 33.1. The van der Waals surface area contributed by atoms with Gasteiger partial charge in [-0.1, -0.05) is 66.5 Å². The monoisotopic (exact) mass is 581 g/mol. The molecule has 1 fully saturated rings. The molecule has 1 saturated carbocycles. The first-order valence-corrected chi connectivity index (χ1v) is 16.6. The van der Waals surface area contributed by atoms with E-state index in [4.69, 9.17) is 4.98 Å². The molecule has 1 aromatic heterocycles. The molecule has 1 aliphatic rings. The highest BCUT2D eigenvalue weighted by atomic mass is 32.1. The van der Waals surface area contributed by atoms with E-state index in [2.05, 4.69) is 62.7 Å². The lowest BCUT2D eigenvalue weighted by molar-refractivity contribution is -0.130. The summed E-state index contributed by atoms with van der Waals surface area (Å²) in [5.41, 5.74) is 2.86. The highest BCUT2D eigenvalue weighted by Gasteiger charge is 2.30. The fourth-order valence-electron chi connectivity index (χ4n) is 5.85. The van der Waals surface area contributed by atoms with Gasteiger partial charge in [-0.2, -0.15) is 0 Å². The number of nitrogens with one attached hydrogen (secondary N) is 1. The van der Waals surface area contributed by atoms with E-state index in [9.17, 15) is 14.4 Å². The number of carbonyl (C=O) groups is 3. The van der Waals surface area contributed by atoms with Crippen molar-refractivity contribution in [1.29, 1.82) is 0 Å². The Kier molecular flexibility index (Phi) is 13.2. The third-order valence-electron chi connectivity index (χ3n) is 8.72. The van der Waals surface area contributed by atoms with Crippen molar-refractivity contribution < 1.29 is 14.4 Å². The van der Waals surface area contributed by atoms with Gasteiger partial charge in [-0.05, 0) is 61.9 Å². The van der Waals surface area contributed by atoms with Crippen LogP contribution < -0.4 is 5.32 Å². The van der Waals surface area contributed by atoms with E-state index in [1.54, 1.807) is 11.3 Å². The molecule has 6 nitrogen and oxygen atoms in total. The van der Waals surface area contributed by atoms with Crippen molar-refractivity contribution in [1.82, 2.24) is 15.2 Å². The number of rotatable bonds is 17. The average molecular weight is 582 g/mol. The number of ketones is 2. The van der Waals surface area contributed by atoms with Gasteiger partial charge in [-0.3, -0.25) is 19.3 Å². The summed E-state index contributed by atoms with van der Waals surface area (Å²) < 4.78 is 1.12. The number of aromatic nitrogens is 1. The van der Waals surface area contributed by atoms with E-state index in [-0.39, 0.29) is 29.9 Å². The second-order valence-electron chi connectivity index (χ2n) is 12.0. The van der Waals surface area contributed by atoms with Gasteiger partial charge in [0, 0.05) is 43.8 Å². The van der Waals surface area contributed by atoms with Gasteiger partial charge in [0.05, 0.1) is 21.1 Å². The van der Waals surface area contributed by atoms with Crippen LogP contribution in [0.2, 0.25) is 0 Å². The van der Waals surface area contributed by atoms with E-state index in [1.807, 2.05) is 6.92 Å². The third kappa shape index (κ3) is 9.85. The summed E-state index contributed by atoms with van der Waals surface area (Å²) >= 11 is 1.62. The van der Waals surface area contributed by atoms with Gasteiger partial charge in [0.25, 0.3) is 0 Å². The first-order chi connectivity index (χ1) is 19.6. The smallest absolute Gasteiger partial charge is 0.224 e. The van der Waals surface area contributed by atoms with Crippen LogP contribution in [-0.2, 0) is 20.8 Å². The van der Waals surface area contributed by atoms with Crippen molar-refractivity contribution in [3.05, 3.63) is 40.9 Å². The number of thiazole rings is 1. The summed E-state index contributed by atoms with van der Waals surface area (Å²) in [7, 11) is 0. The Morgan fingerprint density at radius 2 is 1.80 bits per heavy atom. The normalized spacial score (nSPS) is 15.8. The SMILES string of the molecule is C=C(CN(CC)CC)C(=O)CC[C@@H](NC(=O)[C@@H](CC(=O)CC)Cc1nc2ccc(C(C)C)cc2s1)C1CCCCC1. The molecule has 1 amide bonds. The number of Topliss-reactive ketones (excluding diaryl/α,β-unsaturated/α-hetero) is 2. The Bertz CT molecular complexity index is 1180. The molecule has 2 aromatic rings. The predicted octanol–water partition coefficient (Wildman–Crippen LogP) is 7.26. The lowest BCUT2D eigenvalue weighted by Gasteiger charge is -2.32. The fourth-order valence-corrected chi connectivity index (χ4v) is 6.95. The molecule has 0 radical (unpaired) electrons. The van der Waals surface area contributed by atoms with Crippen LogP contribution in [0.1, 0.15) is 109 Å². The molecule has 0 spiro atoms. The molecule has 1 aliphatic carbocycles. The van der Waals surface area contributed by atoms with E-state index in [0.29, 0.717) is 49.6 Å². The number of nitrogens with zero attached hydrogens (tertiary/aromatic N) is 2. The van der Waals surface area contributed by atoms with Gasteiger partial charge in [0.1, 0.15) is 5.78 Å². The van der Waals surface area contributed by atoms with Crippen molar-refractivity contribution in [2.45, 2.75) is 111 Å². The summed E-state index contributed by atoms with van der Waals surface area (Å²) in [5.74, 6) is 0.413. The maximum absolute atomic E-state index is 13.8. The summed E-state index contributed by atoms with van der Waals surface area (Å²) in [5, 5.41) is 4.24. The molecule has 1 N–H and O–H groups in total. The average Bonchev–Trinajstić information content (AvgIpc) is 3.39. The maximum atomic E-state index is 13.8. The van der Waals surface area contributed by atoms with Gasteiger partial charge in [0.2, 0.25) is 5.91 Å². The van der Waals surface area contributed by atoms with Crippen LogP contribution in [-0.4, -0.2) is 53.0 Å². The minimum atomic E-state index is -0.466. The highest BCUT2D eigenvalue weighted by molar-refractivity contribution is 7.18. The van der Waals surface area contributed by atoms with Crippen molar-refractivity contribution in [3.63, 3.8) is 0 Å². The summed E-state index contributed by atoms with van der Waals surface area (Å²) in [6.07, 6.45) is 7.73. The minimum Gasteiger partial charge on any atom is -0.353 e. The van der Waals surface area contributed by atoms with Crippen molar-refractivity contribution >= 4 is 39.0 Å². The molecule has 1 aromatic carbocycles. The number of amides is 1. The Hall–Kier alpha value is -2.38. The van der Waals surface area contributed by atoms with Gasteiger partial charge in [-0.25, -0.2) is 4.98 Å². The van der Waals surface area contributed by atoms with Crippen molar-refractivity contribution in [3.8, 4) is 0 Å². The lowest BCUT2D eigenvalue weighted by atomic mass is 9.81. The third-order valence-corrected chi connectivity index (χ3v) is 9.76. The first-order valence-electron chi connectivity index (χ1n) is 15.8. The summed E-state index contributed by atoms with van der Waals surface area (Å²) in [4.78, 5) is 46.4. The Morgan fingerprint density at radius 1 is 1.10 bits per heavy atom. The quantitative estimate of drug-likeness (QED) is 0.199. The zero-order chi connectivity index (χ0) is 29.9. The van der Waals surface area contributed by atoms with Crippen molar-refractivity contribution in [2.24, 2.45) is 11.8 Å². The van der Waals surface area contributed by atoms with Gasteiger partial charge in [-0.15, -0.1) is 11.3 Å². The van der Waals surface area contributed by atoms with Crippen LogP contribution in [0.3, 0.4) is 0 Å². The second kappa shape index (κ2) is 16.3. The maximum Gasteiger partial charge on any atom is 0.224 e. The standard InChI is InChI=1S/C34H51N3O3S/c1-7-28(38)19-27(21-33-35-30-16-15-26(23(4)5)20-32(30)41-33)34(40)36-29(25-13-11-10-12-14-25)17-18-31(39)24(6)22-37(8-2)9-3/h15-16,20,23,25,27,29H,6-14,17-19,21-22H2,1-5H3,(H,36,40)/t27-,29+/m0/s1. The van der Waals surface area contributed by atoms with Gasteiger partial charge >= 0.3 is 0 Å². The molecular weight excluding hydrogens is 530 g/mol. The molecule has 41 heavy (non-hydrogen) atoms. The number of fused-ring (bicyclic) bond motifs is 1. The minimum absolute atomic E-state index is 0.0730. The van der Waals surface area contributed by atoms with Gasteiger partial charge in [0.15, 0.2) is 5.78 Å². The molecule has 2 atom stereocenters. The number of benzene rings is 1. The highest BCUT2D eigenvalue weighted by Crippen LogP contribution is 2.31. The van der Waals surface area contributed by atoms with Crippen LogP contribution in [0, 0.1) is 11.8 Å². The zero-order valence-electron chi connectivity index (χ0n) is 26.0. The summed E-state index contributed by atoms with van der Waals surface area (Å²) in [6, 6.07) is 6.29. The number of hydrogen-bond donors (Lipinski definition) is 1. The van der Waals surface area contributed by atoms with E-state index < -0.39 is 5.92 Å². The van der Waals surface area contributed by atoms with E-state index in [1.165, 1.54) is 12.0 Å². The molecule has 0 aliphatic heterocycles. The van der Waals surface area contributed by atoms with Crippen LogP contribution >= 0.6 is 11.3 Å². The summed E-state index contributed by atoms with van der Waals surface area (Å²) in [6.45, 7) is 16.8.